The van der Waals surface area contributed by atoms with Crippen LogP contribution in [-0.2, 0) is 0 Å². The molecule has 1 unspecified atom stereocenters. The van der Waals surface area contributed by atoms with Crippen molar-refractivity contribution in [3.8, 4) is 0 Å². The molecule has 0 spiro atoms. The fourth-order valence-electron chi connectivity index (χ4n) is 1.82. The lowest BCUT2D eigenvalue weighted by Gasteiger charge is -2.03. The maximum absolute atomic E-state index is 4.59. The van der Waals surface area contributed by atoms with E-state index in [9.17, 15) is 0 Å². The highest BCUT2D eigenvalue weighted by molar-refractivity contribution is 9.10. The number of nitrogens with one attached hydrogen (secondary N) is 1. The summed E-state index contributed by atoms with van der Waals surface area (Å²) in [5.41, 5.74) is 1.52. The van der Waals surface area contributed by atoms with Gasteiger partial charge in [0, 0.05) is 10.5 Å². The SMILES string of the molecule is CC1(C)CC1Nc1nc2ccc(Br)cc2s1. The Morgan fingerprint density at radius 3 is 2.94 bits per heavy atom. The van der Waals surface area contributed by atoms with E-state index < -0.39 is 0 Å². The zero-order chi connectivity index (χ0) is 11.3. The second-order valence-electron chi connectivity index (χ2n) is 5.02. The fraction of sp³-hybridized carbons (Fsp3) is 0.417. The zero-order valence-electron chi connectivity index (χ0n) is 9.25. The summed E-state index contributed by atoms with van der Waals surface area (Å²) in [6.07, 6.45) is 1.24. The Morgan fingerprint density at radius 2 is 2.25 bits per heavy atom. The van der Waals surface area contributed by atoms with Crippen molar-refractivity contribution in [1.82, 2.24) is 4.98 Å². The second-order valence-corrected chi connectivity index (χ2v) is 6.97. The summed E-state index contributed by atoms with van der Waals surface area (Å²) in [6.45, 7) is 4.57. The molecule has 0 amide bonds. The molecule has 2 nitrogen and oxygen atoms in total. The summed E-state index contributed by atoms with van der Waals surface area (Å²) >= 11 is 5.21. The normalized spacial score (nSPS) is 22.3. The van der Waals surface area contributed by atoms with Crippen LogP contribution < -0.4 is 5.32 Å². The highest BCUT2D eigenvalue weighted by Crippen LogP contribution is 2.47. The molecule has 1 aromatic heterocycles. The standard InChI is InChI=1S/C12H13BrN2S/c1-12(2)6-10(12)15-11-14-8-4-3-7(13)5-9(8)16-11/h3-5,10H,6H2,1-2H3,(H,14,15). The number of thiazole rings is 1. The van der Waals surface area contributed by atoms with Crippen molar-refractivity contribution in [2.45, 2.75) is 26.3 Å². The van der Waals surface area contributed by atoms with E-state index in [2.05, 4.69) is 52.2 Å². The van der Waals surface area contributed by atoms with E-state index in [4.69, 9.17) is 0 Å². The molecular formula is C12H13BrN2S. The molecule has 1 fully saturated rings. The van der Waals surface area contributed by atoms with Gasteiger partial charge in [-0.3, -0.25) is 0 Å². The van der Waals surface area contributed by atoms with Crippen molar-refractivity contribution in [1.29, 1.82) is 0 Å². The number of fused-ring (bicyclic) bond motifs is 1. The molecule has 84 valence electrons. The van der Waals surface area contributed by atoms with Crippen molar-refractivity contribution in [3.05, 3.63) is 22.7 Å². The average molecular weight is 297 g/mol. The average Bonchev–Trinajstić information content (AvgIpc) is 2.64. The number of aromatic nitrogens is 1. The highest BCUT2D eigenvalue weighted by atomic mass is 79.9. The minimum Gasteiger partial charge on any atom is -0.358 e. The number of hydrogen-bond acceptors (Lipinski definition) is 3. The van der Waals surface area contributed by atoms with Crippen LogP contribution >= 0.6 is 27.3 Å². The van der Waals surface area contributed by atoms with E-state index in [1.165, 1.54) is 11.1 Å². The highest BCUT2D eigenvalue weighted by Gasteiger charge is 2.46. The summed E-state index contributed by atoms with van der Waals surface area (Å²) in [5.74, 6) is 0. The van der Waals surface area contributed by atoms with Gasteiger partial charge in [0.2, 0.25) is 0 Å². The van der Waals surface area contributed by atoms with Gasteiger partial charge in [-0.15, -0.1) is 0 Å². The molecule has 0 radical (unpaired) electrons. The van der Waals surface area contributed by atoms with Crippen LogP contribution in [0.5, 0.6) is 0 Å². The van der Waals surface area contributed by atoms with Gasteiger partial charge in [-0.25, -0.2) is 4.98 Å². The Kier molecular flexibility index (Phi) is 2.27. The molecule has 0 bridgehead atoms. The topological polar surface area (TPSA) is 24.9 Å². The number of anilines is 1. The van der Waals surface area contributed by atoms with Crippen LogP contribution in [0.1, 0.15) is 20.3 Å². The van der Waals surface area contributed by atoms with Crippen LogP contribution in [0.3, 0.4) is 0 Å². The van der Waals surface area contributed by atoms with E-state index in [1.807, 2.05) is 6.07 Å². The van der Waals surface area contributed by atoms with Crippen LogP contribution in [0.25, 0.3) is 10.2 Å². The molecule has 1 aliphatic carbocycles. The van der Waals surface area contributed by atoms with Crippen LogP contribution in [-0.4, -0.2) is 11.0 Å². The summed E-state index contributed by atoms with van der Waals surface area (Å²) in [7, 11) is 0. The van der Waals surface area contributed by atoms with Crippen LogP contribution in [0, 0.1) is 5.41 Å². The Hall–Kier alpha value is -0.610. The predicted octanol–water partition coefficient (Wildman–Crippen LogP) is 4.27. The van der Waals surface area contributed by atoms with Gasteiger partial charge >= 0.3 is 0 Å². The minimum atomic E-state index is 0.443. The lowest BCUT2D eigenvalue weighted by atomic mass is 10.2. The van der Waals surface area contributed by atoms with Gasteiger partial charge in [-0.2, -0.15) is 0 Å². The van der Waals surface area contributed by atoms with Gasteiger partial charge in [0.25, 0.3) is 0 Å². The third-order valence-electron chi connectivity index (χ3n) is 3.16. The van der Waals surface area contributed by atoms with Crippen molar-refractivity contribution in [3.63, 3.8) is 0 Å². The van der Waals surface area contributed by atoms with Gasteiger partial charge in [0.1, 0.15) is 0 Å². The first-order valence-corrected chi connectivity index (χ1v) is 6.98. The first kappa shape index (κ1) is 10.5. The van der Waals surface area contributed by atoms with Gasteiger partial charge < -0.3 is 5.32 Å². The van der Waals surface area contributed by atoms with Crippen molar-refractivity contribution in [2.24, 2.45) is 5.41 Å². The van der Waals surface area contributed by atoms with E-state index in [0.29, 0.717) is 11.5 Å². The monoisotopic (exact) mass is 296 g/mol. The first-order chi connectivity index (χ1) is 7.54. The molecule has 4 heteroatoms. The largest absolute Gasteiger partial charge is 0.358 e. The Morgan fingerprint density at radius 1 is 1.50 bits per heavy atom. The number of hydrogen-bond donors (Lipinski definition) is 1. The van der Waals surface area contributed by atoms with Crippen LogP contribution in [0.2, 0.25) is 0 Å². The third-order valence-corrected chi connectivity index (χ3v) is 4.60. The molecule has 0 saturated heterocycles. The molecule has 16 heavy (non-hydrogen) atoms. The maximum Gasteiger partial charge on any atom is 0.184 e. The summed E-state index contributed by atoms with van der Waals surface area (Å²) in [6, 6.07) is 6.80. The fourth-order valence-corrected chi connectivity index (χ4v) is 3.29. The van der Waals surface area contributed by atoms with Crippen molar-refractivity contribution >= 4 is 42.6 Å². The van der Waals surface area contributed by atoms with E-state index in [0.717, 1.165) is 15.1 Å². The number of halogens is 1. The minimum absolute atomic E-state index is 0.443. The Bertz CT molecular complexity index is 547. The van der Waals surface area contributed by atoms with Gasteiger partial charge in [0.15, 0.2) is 5.13 Å². The van der Waals surface area contributed by atoms with Crippen molar-refractivity contribution < 1.29 is 0 Å². The number of benzene rings is 1. The lowest BCUT2D eigenvalue weighted by Crippen LogP contribution is -2.07. The zero-order valence-corrected chi connectivity index (χ0v) is 11.7. The van der Waals surface area contributed by atoms with E-state index in [-0.39, 0.29) is 0 Å². The molecule has 1 saturated carbocycles. The summed E-state index contributed by atoms with van der Waals surface area (Å²) in [5, 5.41) is 4.55. The van der Waals surface area contributed by atoms with Crippen LogP contribution in [0.15, 0.2) is 22.7 Å². The molecule has 2 aromatic rings. The molecule has 1 aliphatic rings. The number of nitrogens with zero attached hydrogens (tertiary/aromatic N) is 1. The lowest BCUT2D eigenvalue weighted by molar-refractivity contribution is 0.630. The Labute approximate surface area is 107 Å². The summed E-state index contributed by atoms with van der Waals surface area (Å²) < 4.78 is 2.34. The van der Waals surface area contributed by atoms with Crippen LogP contribution in [0.4, 0.5) is 5.13 Å². The smallest absolute Gasteiger partial charge is 0.184 e. The molecule has 1 N–H and O–H groups in total. The van der Waals surface area contributed by atoms with E-state index in [1.54, 1.807) is 11.3 Å². The maximum atomic E-state index is 4.59. The molecule has 1 aromatic carbocycles. The molecular weight excluding hydrogens is 284 g/mol. The van der Waals surface area contributed by atoms with E-state index >= 15 is 0 Å². The molecule has 3 rings (SSSR count). The van der Waals surface area contributed by atoms with Crippen molar-refractivity contribution in [2.75, 3.05) is 5.32 Å². The van der Waals surface area contributed by atoms with Gasteiger partial charge in [0.05, 0.1) is 10.2 Å². The third kappa shape index (κ3) is 1.84. The molecule has 1 atom stereocenters. The molecule has 0 aliphatic heterocycles. The summed E-state index contributed by atoms with van der Waals surface area (Å²) in [4.78, 5) is 4.59. The first-order valence-electron chi connectivity index (χ1n) is 5.37. The van der Waals surface area contributed by atoms with Gasteiger partial charge in [-0.05, 0) is 30.0 Å². The second kappa shape index (κ2) is 3.44. The number of rotatable bonds is 2. The quantitative estimate of drug-likeness (QED) is 0.895. The molecule has 1 heterocycles. The Balaban J connectivity index is 1.88. The predicted molar refractivity (Wildman–Crippen MR) is 73.1 cm³/mol. The van der Waals surface area contributed by atoms with Gasteiger partial charge in [-0.1, -0.05) is 41.1 Å².